The van der Waals surface area contributed by atoms with Crippen LogP contribution in [0.4, 0.5) is 4.79 Å². The summed E-state index contributed by atoms with van der Waals surface area (Å²) in [6.07, 6.45) is 2.34. The summed E-state index contributed by atoms with van der Waals surface area (Å²) in [6.45, 7) is -0.0532. The SMILES string of the molecule is COC(=O)CN=Cc1ccccc1/C=N/NC(=O)OC. The highest BCUT2D eigenvalue weighted by Crippen LogP contribution is 2.03. The summed E-state index contributed by atoms with van der Waals surface area (Å²) in [5.41, 5.74) is 3.67. The van der Waals surface area contributed by atoms with Gasteiger partial charge in [-0.15, -0.1) is 0 Å². The maximum Gasteiger partial charge on any atom is 0.427 e. The van der Waals surface area contributed by atoms with E-state index in [4.69, 9.17) is 0 Å². The van der Waals surface area contributed by atoms with Crippen molar-refractivity contribution in [2.24, 2.45) is 10.1 Å². The first-order valence-corrected chi connectivity index (χ1v) is 5.70. The Morgan fingerprint density at radius 2 is 1.80 bits per heavy atom. The van der Waals surface area contributed by atoms with Crippen molar-refractivity contribution in [1.29, 1.82) is 0 Å². The number of hydrogen-bond acceptors (Lipinski definition) is 6. The fourth-order valence-corrected chi connectivity index (χ4v) is 1.23. The Labute approximate surface area is 116 Å². The Morgan fingerprint density at radius 1 is 1.15 bits per heavy atom. The molecule has 1 rings (SSSR count). The van der Waals surface area contributed by atoms with Crippen molar-refractivity contribution >= 4 is 24.5 Å². The van der Waals surface area contributed by atoms with Crippen LogP contribution in [0, 0.1) is 0 Å². The van der Waals surface area contributed by atoms with Crippen LogP contribution in [-0.2, 0) is 14.3 Å². The van der Waals surface area contributed by atoms with E-state index in [9.17, 15) is 9.59 Å². The summed E-state index contributed by atoms with van der Waals surface area (Å²) in [4.78, 5) is 25.7. The zero-order chi connectivity index (χ0) is 14.8. The Hall–Kier alpha value is -2.70. The molecule has 0 aliphatic carbocycles. The molecule has 0 radical (unpaired) electrons. The van der Waals surface area contributed by atoms with Gasteiger partial charge < -0.3 is 9.47 Å². The lowest BCUT2D eigenvalue weighted by molar-refractivity contribution is -0.138. The summed E-state index contributed by atoms with van der Waals surface area (Å²) in [5, 5.41) is 3.73. The zero-order valence-corrected chi connectivity index (χ0v) is 11.2. The molecular weight excluding hydrogens is 262 g/mol. The van der Waals surface area contributed by atoms with Crippen molar-refractivity contribution in [3.63, 3.8) is 0 Å². The van der Waals surface area contributed by atoms with E-state index in [1.807, 2.05) is 12.1 Å². The minimum atomic E-state index is -0.655. The second kappa shape index (κ2) is 8.41. The normalized spacial score (nSPS) is 10.7. The average molecular weight is 277 g/mol. The standard InChI is InChI=1S/C13H15N3O4/c1-19-12(17)9-14-7-10-5-3-4-6-11(10)8-15-16-13(18)20-2/h3-8H,9H2,1-2H3,(H,16,18)/b14-7?,15-8+. The van der Waals surface area contributed by atoms with E-state index < -0.39 is 12.1 Å². The molecule has 0 aromatic heterocycles. The first kappa shape index (κ1) is 15.4. The number of hydrazone groups is 1. The summed E-state index contributed by atoms with van der Waals surface area (Å²) in [7, 11) is 2.55. The van der Waals surface area contributed by atoms with Gasteiger partial charge in [-0.2, -0.15) is 5.10 Å². The topological polar surface area (TPSA) is 89.4 Å². The molecule has 106 valence electrons. The lowest BCUT2D eigenvalue weighted by atomic mass is 10.1. The number of esters is 1. The molecule has 20 heavy (non-hydrogen) atoms. The molecular formula is C13H15N3O4. The van der Waals surface area contributed by atoms with E-state index in [1.54, 1.807) is 12.1 Å². The van der Waals surface area contributed by atoms with Gasteiger partial charge in [0.1, 0.15) is 6.54 Å². The van der Waals surface area contributed by atoms with Crippen molar-refractivity contribution in [1.82, 2.24) is 5.43 Å². The van der Waals surface area contributed by atoms with Gasteiger partial charge in [-0.05, 0) is 0 Å². The predicted octanol–water partition coefficient (Wildman–Crippen LogP) is 0.968. The molecule has 1 N–H and O–H groups in total. The average Bonchev–Trinajstić information content (AvgIpc) is 2.48. The van der Waals surface area contributed by atoms with Crippen LogP contribution < -0.4 is 5.43 Å². The van der Waals surface area contributed by atoms with Gasteiger partial charge in [0.2, 0.25) is 0 Å². The fraction of sp³-hybridized carbons (Fsp3) is 0.231. The molecule has 7 nitrogen and oxygen atoms in total. The quantitative estimate of drug-likeness (QED) is 0.493. The van der Waals surface area contributed by atoms with Crippen LogP contribution in [0.1, 0.15) is 11.1 Å². The molecule has 1 amide bonds. The predicted molar refractivity (Wildman–Crippen MR) is 74.1 cm³/mol. The van der Waals surface area contributed by atoms with E-state index in [0.29, 0.717) is 0 Å². The lowest BCUT2D eigenvalue weighted by Crippen LogP contribution is -2.16. The molecule has 0 atom stereocenters. The van der Waals surface area contributed by atoms with Gasteiger partial charge in [0.05, 0.1) is 20.4 Å². The fourth-order valence-electron chi connectivity index (χ4n) is 1.23. The van der Waals surface area contributed by atoms with Gasteiger partial charge >= 0.3 is 12.1 Å². The lowest BCUT2D eigenvalue weighted by Gasteiger charge is -2.00. The van der Waals surface area contributed by atoms with E-state index in [1.165, 1.54) is 26.6 Å². The smallest absolute Gasteiger partial charge is 0.427 e. The van der Waals surface area contributed by atoms with Crippen molar-refractivity contribution < 1.29 is 19.1 Å². The highest BCUT2D eigenvalue weighted by Gasteiger charge is 1.99. The number of carbonyl (C=O) groups is 2. The Bertz CT molecular complexity index is 479. The summed E-state index contributed by atoms with van der Waals surface area (Å²) < 4.78 is 8.86. The summed E-state index contributed by atoms with van der Waals surface area (Å²) in [6, 6.07) is 7.24. The van der Waals surface area contributed by atoms with E-state index in [0.717, 1.165) is 11.1 Å². The molecule has 0 bridgehead atoms. The third kappa shape index (κ3) is 5.30. The van der Waals surface area contributed by atoms with Crippen LogP contribution in [0.5, 0.6) is 0 Å². The Balaban J connectivity index is 2.72. The largest absolute Gasteiger partial charge is 0.468 e. The molecule has 1 aromatic carbocycles. The number of carbonyl (C=O) groups excluding carboxylic acids is 2. The molecule has 0 fully saturated rings. The van der Waals surface area contributed by atoms with Gasteiger partial charge in [0.15, 0.2) is 0 Å². The van der Waals surface area contributed by atoms with Crippen molar-refractivity contribution in [2.75, 3.05) is 20.8 Å². The maximum absolute atomic E-state index is 10.9. The van der Waals surface area contributed by atoms with Crippen LogP contribution >= 0.6 is 0 Å². The molecule has 0 spiro atoms. The minimum Gasteiger partial charge on any atom is -0.468 e. The number of methoxy groups -OCH3 is 2. The van der Waals surface area contributed by atoms with Crippen molar-refractivity contribution in [2.45, 2.75) is 0 Å². The third-order valence-corrected chi connectivity index (χ3v) is 2.22. The van der Waals surface area contributed by atoms with Gasteiger partial charge in [-0.25, -0.2) is 10.2 Å². The highest BCUT2D eigenvalue weighted by molar-refractivity contribution is 5.94. The monoisotopic (exact) mass is 277 g/mol. The number of nitrogens with zero attached hydrogens (tertiary/aromatic N) is 2. The molecule has 0 aliphatic rings. The van der Waals surface area contributed by atoms with Gasteiger partial charge in [-0.3, -0.25) is 9.79 Å². The molecule has 1 aromatic rings. The number of aliphatic imine (C=N–C) groups is 1. The third-order valence-electron chi connectivity index (χ3n) is 2.22. The molecule has 0 saturated heterocycles. The maximum atomic E-state index is 10.9. The number of benzene rings is 1. The number of rotatable bonds is 5. The molecule has 0 aliphatic heterocycles. The molecule has 0 saturated carbocycles. The van der Waals surface area contributed by atoms with E-state index in [-0.39, 0.29) is 6.54 Å². The van der Waals surface area contributed by atoms with Crippen LogP contribution in [0.3, 0.4) is 0 Å². The first-order valence-electron chi connectivity index (χ1n) is 5.70. The summed E-state index contributed by atoms with van der Waals surface area (Å²) in [5.74, 6) is -0.417. The van der Waals surface area contributed by atoms with Gasteiger partial charge in [-0.1, -0.05) is 24.3 Å². The number of ether oxygens (including phenoxy) is 2. The van der Waals surface area contributed by atoms with Crippen LogP contribution in [0.15, 0.2) is 34.4 Å². The van der Waals surface area contributed by atoms with Crippen LogP contribution in [0.25, 0.3) is 0 Å². The second-order valence-electron chi connectivity index (χ2n) is 3.54. The van der Waals surface area contributed by atoms with Gasteiger partial charge in [0, 0.05) is 17.3 Å². The van der Waals surface area contributed by atoms with Crippen molar-refractivity contribution in [3.05, 3.63) is 35.4 Å². The number of hydrogen-bond donors (Lipinski definition) is 1. The van der Waals surface area contributed by atoms with E-state index in [2.05, 4.69) is 25.0 Å². The van der Waals surface area contributed by atoms with Crippen molar-refractivity contribution in [3.8, 4) is 0 Å². The number of nitrogens with one attached hydrogen (secondary N) is 1. The first-order chi connectivity index (χ1) is 9.67. The number of amides is 1. The molecule has 0 heterocycles. The van der Waals surface area contributed by atoms with Gasteiger partial charge in [0.25, 0.3) is 0 Å². The molecule has 0 unspecified atom stereocenters. The minimum absolute atomic E-state index is 0.0532. The molecule has 7 heteroatoms. The van der Waals surface area contributed by atoms with Crippen LogP contribution in [0.2, 0.25) is 0 Å². The Morgan fingerprint density at radius 3 is 2.40 bits per heavy atom. The second-order valence-corrected chi connectivity index (χ2v) is 3.54. The Kier molecular flexibility index (Phi) is 6.46. The zero-order valence-electron chi connectivity index (χ0n) is 11.2. The summed E-state index contributed by atoms with van der Waals surface area (Å²) >= 11 is 0. The van der Waals surface area contributed by atoms with Crippen LogP contribution in [-0.4, -0.2) is 45.3 Å². The van der Waals surface area contributed by atoms with E-state index >= 15 is 0 Å². The highest BCUT2D eigenvalue weighted by atomic mass is 16.5.